The van der Waals surface area contributed by atoms with Gasteiger partial charge in [0.05, 0.1) is 16.7 Å². The Labute approximate surface area is 260 Å². The highest BCUT2D eigenvalue weighted by molar-refractivity contribution is 6.34. The predicted octanol–water partition coefficient (Wildman–Crippen LogP) is 7.24. The fourth-order valence-electron chi connectivity index (χ4n) is 8.84. The topological polar surface area (TPSA) is 112 Å². The monoisotopic (exact) mass is 596 g/mol. The van der Waals surface area contributed by atoms with E-state index in [4.69, 9.17) is 0 Å². The third-order valence-electron chi connectivity index (χ3n) is 11.2. The largest absolute Gasteiger partial charge is 0.507 e. The number of allylic oxidation sites excluding steroid dienone is 2. The van der Waals surface area contributed by atoms with E-state index in [-0.39, 0.29) is 33.8 Å². The third kappa shape index (κ3) is 3.86. The number of carbonyl (C=O) groups excluding carboxylic acids is 3. The van der Waals surface area contributed by atoms with E-state index in [9.17, 15) is 29.7 Å². The van der Waals surface area contributed by atoms with Crippen LogP contribution in [0.25, 0.3) is 17.4 Å². The number of aliphatic hydroxyl groups excluding tert-OH is 1. The highest BCUT2D eigenvalue weighted by atomic mass is 16.3. The van der Waals surface area contributed by atoms with Crippen molar-refractivity contribution in [1.29, 1.82) is 0 Å². The number of phenolic OH excluding ortho intramolecular Hbond substituents is 1. The van der Waals surface area contributed by atoms with Gasteiger partial charge in [-0.15, -0.1) is 0 Å². The van der Waals surface area contributed by atoms with Crippen molar-refractivity contribution in [3.8, 4) is 5.75 Å². The van der Waals surface area contributed by atoms with Gasteiger partial charge in [0.1, 0.15) is 11.5 Å². The molecule has 0 heterocycles. The molecule has 3 aliphatic rings. The summed E-state index contributed by atoms with van der Waals surface area (Å²) < 4.78 is 0. The SMILES string of the molecule is CC(=O)C1=C(C)[C@@H](C(C)C)[C@]2(C)[C@@H](C)[C@@]3(C)C(=C(O)c4c(O)cccc4/C3=C\c3ccc(C(C)(C)C)cc3)C(=O)[C@]2(O)C1=O. The van der Waals surface area contributed by atoms with Crippen LogP contribution in [0, 0.1) is 28.6 Å². The number of hydrogen-bond donors (Lipinski definition) is 3. The minimum Gasteiger partial charge on any atom is -0.507 e. The number of benzene rings is 2. The van der Waals surface area contributed by atoms with Gasteiger partial charge in [-0.2, -0.15) is 0 Å². The second-order valence-corrected chi connectivity index (χ2v) is 14.8. The van der Waals surface area contributed by atoms with E-state index in [1.807, 2.05) is 52.0 Å². The lowest BCUT2D eigenvalue weighted by Gasteiger charge is -2.64. The Bertz CT molecular complexity index is 1710. The van der Waals surface area contributed by atoms with Crippen molar-refractivity contribution in [2.75, 3.05) is 0 Å². The Kier molecular flexibility index (Phi) is 7.10. The van der Waals surface area contributed by atoms with Gasteiger partial charge in [0.25, 0.3) is 0 Å². The minimum absolute atomic E-state index is 0.0462. The quantitative estimate of drug-likeness (QED) is 0.255. The molecular formula is C38H44O6. The smallest absolute Gasteiger partial charge is 0.206 e. The lowest BCUT2D eigenvalue weighted by atomic mass is 9.38. The van der Waals surface area contributed by atoms with E-state index >= 15 is 0 Å². The molecule has 3 aliphatic carbocycles. The number of Topliss-reactive ketones (excluding diaryl/α,β-unsaturated/α-hetero) is 3. The number of hydrogen-bond acceptors (Lipinski definition) is 6. The van der Waals surface area contributed by atoms with E-state index < -0.39 is 51.4 Å². The van der Waals surface area contributed by atoms with Crippen LogP contribution in [0.15, 0.2) is 59.2 Å². The van der Waals surface area contributed by atoms with Crippen molar-refractivity contribution in [3.63, 3.8) is 0 Å². The molecule has 232 valence electrons. The summed E-state index contributed by atoms with van der Waals surface area (Å²) in [5.41, 5.74) is -1.53. The number of fused-ring (bicyclic) bond motifs is 3. The Balaban J connectivity index is 1.90. The van der Waals surface area contributed by atoms with Crippen molar-refractivity contribution in [2.45, 2.75) is 80.3 Å². The fourth-order valence-corrected chi connectivity index (χ4v) is 8.84. The summed E-state index contributed by atoms with van der Waals surface area (Å²) in [6.45, 7) is 19.0. The predicted molar refractivity (Wildman–Crippen MR) is 173 cm³/mol. The number of phenols is 1. The molecule has 0 aromatic heterocycles. The normalized spacial score (nSPS) is 31.3. The maximum absolute atomic E-state index is 14.9. The van der Waals surface area contributed by atoms with Crippen molar-refractivity contribution in [3.05, 3.63) is 81.4 Å². The molecule has 2 aromatic rings. The zero-order valence-corrected chi connectivity index (χ0v) is 27.4. The van der Waals surface area contributed by atoms with E-state index in [1.54, 1.807) is 19.9 Å². The molecule has 5 rings (SSSR count). The average molecular weight is 597 g/mol. The molecule has 3 N–H and O–H groups in total. The third-order valence-corrected chi connectivity index (χ3v) is 11.2. The van der Waals surface area contributed by atoms with Gasteiger partial charge in [0.15, 0.2) is 11.4 Å². The number of rotatable bonds is 3. The first-order chi connectivity index (χ1) is 20.3. The van der Waals surface area contributed by atoms with Gasteiger partial charge in [-0.05, 0) is 65.3 Å². The molecule has 0 radical (unpaired) electrons. The lowest BCUT2D eigenvalue weighted by molar-refractivity contribution is -0.189. The van der Waals surface area contributed by atoms with Crippen LogP contribution in [0.4, 0.5) is 0 Å². The van der Waals surface area contributed by atoms with Crippen LogP contribution in [-0.4, -0.2) is 38.3 Å². The van der Waals surface area contributed by atoms with Gasteiger partial charge < -0.3 is 15.3 Å². The molecule has 6 nitrogen and oxygen atoms in total. The summed E-state index contributed by atoms with van der Waals surface area (Å²) in [4.78, 5) is 42.0. The van der Waals surface area contributed by atoms with Crippen LogP contribution in [0.2, 0.25) is 0 Å². The molecule has 2 aromatic carbocycles. The Hall–Kier alpha value is -3.77. The van der Waals surface area contributed by atoms with Crippen molar-refractivity contribution in [2.24, 2.45) is 28.6 Å². The maximum Gasteiger partial charge on any atom is 0.206 e. The second kappa shape index (κ2) is 9.87. The lowest BCUT2D eigenvalue weighted by Crippen LogP contribution is -2.73. The molecule has 6 heteroatoms. The molecule has 0 saturated heterocycles. The van der Waals surface area contributed by atoms with E-state index in [0.717, 1.165) is 11.1 Å². The summed E-state index contributed by atoms with van der Waals surface area (Å²) >= 11 is 0. The summed E-state index contributed by atoms with van der Waals surface area (Å²) in [7, 11) is 0. The molecular weight excluding hydrogens is 552 g/mol. The number of carbonyl (C=O) groups is 3. The van der Waals surface area contributed by atoms with E-state index in [0.29, 0.717) is 16.7 Å². The number of ketones is 3. The first kappa shape index (κ1) is 31.6. The number of aliphatic hydroxyl groups is 2. The van der Waals surface area contributed by atoms with Crippen LogP contribution in [0.1, 0.15) is 91.5 Å². The van der Waals surface area contributed by atoms with Gasteiger partial charge in [-0.3, -0.25) is 14.4 Å². The van der Waals surface area contributed by atoms with Gasteiger partial charge in [0.2, 0.25) is 11.6 Å². The fraction of sp³-hybridized carbons (Fsp3) is 0.447. The van der Waals surface area contributed by atoms with Crippen LogP contribution < -0.4 is 0 Å². The molecule has 1 saturated carbocycles. The maximum atomic E-state index is 14.9. The number of aromatic hydroxyl groups is 1. The standard InChI is InChI=1S/C38H44O6/c1-19(2)30-20(3)28(21(4)39)33(42)38(44)34(43)31-32(41)29-25(12-11-13-27(29)40)26(36(31,9)22(5)37(30,38)10)18-23-14-16-24(17-15-23)35(6,7)8/h11-19,22,30,40-41,44H,1-10H3/b26-18+/t22-,30+,36+,37-,38+/m0/s1. The molecule has 0 spiro atoms. The van der Waals surface area contributed by atoms with Crippen LogP contribution in [0.5, 0.6) is 5.75 Å². The molecule has 44 heavy (non-hydrogen) atoms. The highest BCUT2D eigenvalue weighted by Gasteiger charge is 2.75. The van der Waals surface area contributed by atoms with Crippen molar-refractivity contribution < 1.29 is 29.7 Å². The Morgan fingerprint density at radius 1 is 0.977 bits per heavy atom. The highest BCUT2D eigenvalue weighted by Crippen LogP contribution is 2.70. The van der Waals surface area contributed by atoms with E-state index in [1.165, 1.54) is 13.0 Å². The Morgan fingerprint density at radius 2 is 1.57 bits per heavy atom. The molecule has 1 fully saturated rings. The summed E-state index contributed by atoms with van der Waals surface area (Å²) in [5.74, 6) is -4.27. The molecule has 5 atom stereocenters. The second-order valence-electron chi connectivity index (χ2n) is 14.8. The summed E-state index contributed by atoms with van der Waals surface area (Å²) in [5, 5.41) is 35.4. The Morgan fingerprint density at radius 3 is 2.09 bits per heavy atom. The molecule has 0 unspecified atom stereocenters. The van der Waals surface area contributed by atoms with Gasteiger partial charge >= 0.3 is 0 Å². The molecule has 0 bridgehead atoms. The average Bonchev–Trinajstić information content (AvgIpc) is 2.92. The zero-order valence-electron chi connectivity index (χ0n) is 27.4. The summed E-state index contributed by atoms with van der Waals surface area (Å²) in [6, 6.07) is 13.1. The zero-order chi connectivity index (χ0) is 32.9. The summed E-state index contributed by atoms with van der Waals surface area (Å²) in [6.07, 6.45) is 1.98. The van der Waals surface area contributed by atoms with Crippen molar-refractivity contribution in [1.82, 2.24) is 0 Å². The van der Waals surface area contributed by atoms with Gasteiger partial charge in [-0.1, -0.05) is 103 Å². The minimum atomic E-state index is -2.61. The van der Waals surface area contributed by atoms with Crippen LogP contribution >= 0.6 is 0 Å². The van der Waals surface area contributed by atoms with Gasteiger partial charge in [-0.25, -0.2) is 0 Å². The first-order valence-electron chi connectivity index (χ1n) is 15.4. The first-order valence-corrected chi connectivity index (χ1v) is 15.4. The van der Waals surface area contributed by atoms with Gasteiger partial charge in [0, 0.05) is 10.8 Å². The van der Waals surface area contributed by atoms with Crippen LogP contribution in [0.3, 0.4) is 0 Å². The van der Waals surface area contributed by atoms with E-state index in [2.05, 4.69) is 32.9 Å². The molecule has 0 amide bonds. The molecule has 0 aliphatic heterocycles. The van der Waals surface area contributed by atoms with Crippen molar-refractivity contribution >= 4 is 34.8 Å². The van der Waals surface area contributed by atoms with Crippen LogP contribution in [-0.2, 0) is 19.8 Å².